The molecule has 0 fully saturated rings. The molecule has 0 aliphatic carbocycles. The number of hydrogen-bond acceptors (Lipinski definition) is 4. The largest absolute Gasteiger partial charge is 0.355 e. The molecule has 3 aromatic rings. The summed E-state index contributed by atoms with van der Waals surface area (Å²) in [4.78, 5) is 27.9. The number of amides is 2. The molecule has 0 bridgehead atoms. The summed E-state index contributed by atoms with van der Waals surface area (Å²) in [5.41, 5.74) is 1.77. The van der Waals surface area contributed by atoms with Gasteiger partial charge in [0.1, 0.15) is 18.4 Å². The van der Waals surface area contributed by atoms with E-state index >= 15 is 0 Å². The number of likely N-dealkylation sites (N-methyl/N-ethyl adjacent to an activating group) is 1. The van der Waals surface area contributed by atoms with Crippen LogP contribution in [0.15, 0.2) is 83.8 Å². The van der Waals surface area contributed by atoms with Crippen LogP contribution in [0.5, 0.6) is 0 Å². The number of carbonyl (C=O) groups is 2. The lowest BCUT2D eigenvalue weighted by Crippen LogP contribution is -2.51. The van der Waals surface area contributed by atoms with Crippen LogP contribution in [0.1, 0.15) is 31.9 Å². The van der Waals surface area contributed by atoms with E-state index in [0.717, 1.165) is 9.87 Å². The summed E-state index contributed by atoms with van der Waals surface area (Å²) in [5, 5.41) is 2.71. The first-order valence-corrected chi connectivity index (χ1v) is 13.6. The highest BCUT2D eigenvalue weighted by atomic mass is 32.2. The second-order valence-corrected chi connectivity index (χ2v) is 10.4. The van der Waals surface area contributed by atoms with Crippen LogP contribution in [0.4, 0.5) is 10.1 Å². The Morgan fingerprint density at radius 2 is 1.54 bits per heavy atom. The number of rotatable bonds is 11. The number of anilines is 1. The van der Waals surface area contributed by atoms with Gasteiger partial charge in [-0.3, -0.25) is 13.9 Å². The van der Waals surface area contributed by atoms with E-state index in [1.54, 1.807) is 44.2 Å². The molecule has 1 unspecified atom stereocenters. The first-order chi connectivity index (χ1) is 17.7. The van der Waals surface area contributed by atoms with E-state index in [0.29, 0.717) is 24.2 Å². The van der Waals surface area contributed by atoms with Gasteiger partial charge in [0.15, 0.2) is 0 Å². The highest BCUT2D eigenvalue weighted by molar-refractivity contribution is 7.92. The Morgan fingerprint density at radius 3 is 2.16 bits per heavy atom. The van der Waals surface area contributed by atoms with E-state index in [9.17, 15) is 22.4 Å². The highest BCUT2D eigenvalue weighted by Gasteiger charge is 2.33. The average molecular weight is 526 g/mol. The standard InChI is InChI=1S/C28H32FN3O4S/c1-4-23-11-9-10-14-26(23)32(37(35,36)25-12-7-6-8-13-25)20-27(33)31(21(3)28(34)30-5-2)19-22-15-17-24(29)18-16-22/h6-18,21H,4-5,19-20H2,1-3H3,(H,30,34). The molecule has 0 aliphatic heterocycles. The lowest BCUT2D eigenvalue weighted by atomic mass is 10.1. The Morgan fingerprint density at radius 1 is 0.919 bits per heavy atom. The van der Waals surface area contributed by atoms with Gasteiger partial charge in [0.2, 0.25) is 11.8 Å². The van der Waals surface area contributed by atoms with E-state index < -0.39 is 34.3 Å². The maximum Gasteiger partial charge on any atom is 0.264 e. The number of hydrogen-bond donors (Lipinski definition) is 1. The third kappa shape index (κ3) is 6.74. The number of sulfonamides is 1. The van der Waals surface area contributed by atoms with Gasteiger partial charge in [-0.2, -0.15) is 0 Å². The number of carbonyl (C=O) groups excluding carboxylic acids is 2. The summed E-state index contributed by atoms with van der Waals surface area (Å²) in [6, 6.07) is 19.7. The van der Waals surface area contributed by atoms with Crippen molar-refractivity contribution in [2.45, 2.75) is 44.7 Å². The number of benzene rings is 3. The van der Waals surface area contributed by atoms with Crippen molar-refractivity contribution >= 4 is 27.5 Å². The van der Waals surface area contributed by atoms with Crippen molar-refractivity contribution in [1.82, 2.24) is 10.2 Å². The molecule has 0 saturated heterocycles. The first-order valence-electron chi connectivity index (χ1n) is 12.2. The van der Waals surface area contributed by atoms with Crippen LogP contribution < -0.4 is 9.62 Å². The number of nitrogens with one attached hydrogen (secondary N) is 1. The molecule has 0 spiro atoms. The molecule has 1 atom stereocenters. The molecular formula is C28H32FN3O4S. The van der Waals surface area contributed by atoms with Crippen molar-refractivity contribution in [2.24, 2.45) is 0 Å². The van der Waals surface area contributed by atoms with Crippen LogP contribution in [0, 0.1) is 5.82 Å². The molecule has 3 aromatic carbocycles. The minimum absolute atomic E-state index is 0.00602. The molecule has 7 nitrogen and oxygen atoms in total. The summed E-state index contributed by atoms with van der Waals surface area (Å²) in [7, 11) is -4.11. The Labute approximate surface area is 218 Å². The molecule has 1 N–H and O–H groups in total. The predicted octanol–water partition coefficient (Wildman–Crippen LogP) is 4.14. The van der Waals surface area contributed by atoms with Crippen LogP contribution in [0.2, 0.25) is 0 Å². The lowest BCUT2D eigenvalue weighted by molar-refractivity contribution is -0.139. The van der Waals surface area contributed by atoms with Crippen molar-refractivity contribution in [1.29, 1.82) is 0 Å². The summed E-state index contributed by atoms with van der Waals surface area (Å²) in [5.74, 6) is -1.35. The molecule has 9 heteroatoms. The molecular weight excluding hydrogens is 493 g/mol. The Balaban J connectivity index is 2.05. The van der Waals surface area contributed by atoms with Crippen LogP contribution in [0.3, 0.4) is 0 Å². The highest BCUT2D eigenvalue weighted by Crippen LogP contribution is 2.28. The second kappa shape index (κ2) is 12.5. The maximum absolute atomic E-state index is 13.8. The number of halogens is 1. The molecule has 196 valence electrons. The zero-order chi connectivity index (χ0) is 27.0. The predicted molar refractivity (Wildman–Crippen MR) is 142 cm³/mol. The van der Waals surface area contributed by atoms with Crippen molar-refractivity contribution < 1.29 is 22.4 Å². The molecule has 0 radical (unpaired) electrons. The monoisotopic (exact) mass is 525 g/mol. The number of para-hydroxylation sites is 1. The zero-order valence-electron chi connectivity index (χ0n) is 21.2. The van der Waals surface area contributed by atoms with Gasteiger partial charge < -0.3 is 10.2 Å². The van der Waals surface area contributed by atoms with Crippen molar-refractivity contribution in [3.8, 4) is 0 Å². The zero-order valence-corrected chi connectivity index (χ0v) is 22.0. The van der Waals surface area contributed by atoms with Crippen LogP contribution in [-0.4, -0.2) is 44.3 Å². The van der Waals surface area contributed by atoms with E-state index in [-0.39, 0.29) is 17.3 Å². The maximum atomic E-state index is 13.8. The van der Waals surface area contributed by atoms with E-state index in [1.165, 1.54) is 41.3 Å². The normalized spacial score (nSPS) is 12.0. The minimum atomic E-state index is -4.11. The summed E-state index contributed by atoms with van der Waals surface area (Å²) in [6.45, 7) is 5.13. The summed E-state index contributed by atoms with van der Waals surface area (Å²) >= 11 is 0. The SMILES string of the molecule is CCNC(=O)C(C)N(Cc1ccc(F)cc1)C(=O)CN(c1ccccc1CC)S(=O)(=O)c1ccccc1. The van der Waals surface area contributed by atoms with Crippen molar-refractivity contribution in [3.63, 3.8) is 0 Å². The third-order valence-electron chi connectivity index (χ3n) is 6.04. The van der Waals surface area contributed by atoms with Crippen LogP contribution >= 0.6 is 0 Å². The molecule has 0 aliphatic rings. The Bertz CT molecular complexity index is 1310. The summed E-state index contributed by atoms with van der Waals surface area (Å²) in [6.07, 6.45) is 0.555. The van der Waals surface area contributed by atoms with Crippen LogP contribution in [-0.2, 0) is 32.6 Å². The number of aryl methyl sites for hydroxylation is 1. The van der Waals surface area contributed by atoms with Gasteiger partial charge in [0.05, 0.1) is 10.6 Å². The van der Waals surface area contributed by atoms with Gasteiger partial charge in [0.25, 0.3) is 10.0 Å². The third-order valence-corrected chi connectivity index (χ3v) is 7.81. The molecule has 3 rings (SSSR count). The van der Waals surface area contributed by atoms with Gasteiger partial charge in [0, 0.05) is 13.1 Å². The first kappa shape index (κ1) is 27.9. The average Bonchev–Trinajstić information content (AvgIpc) is 2.91. The molecule has 37 heavy (non-hydrogen) atoms. The van der Waals surface area contributed by atoms with Crippen molar-refractivity contribution in [3.05, 3.63) is 95.8 Å². The molecule has 0 aromatic heterocycles. The fourth-order valence-corrected chi connectivity index (χ4v) is 5.45. The Hall–Kier alpha value is -3.72. The number of nitrogens with zero attached hydrogens (tertiary/aromatic N) is 2. The Kier molecular flexibility index (Phi) is 9.41. The molecule has 0 saturated carbocycles. The molecule has 2 amide bonds. The smallest absolute Gasteiger partial charge is 0.264 e. The lowest BCUT2D eigenvalue weighted by Gasteiger charge is -2.32. The topological polar surface area (TPSA) is 86.8 Å². The second-order valence-electron chi connectivity index (χ2n) is 8.53. The minimum Gasteiger partial charge on any atom is -0.355 e. The van der Waals surface area contributed by atoms with Crippen molar-refractivity contribution in [2.75, 3.05) is 17.4 Å². The van der Waals surface area contributed by atoms with Gasteiger partial charge in [-0.25, -0.2) is 12.8 Å². The van der Waals surface area contributed by atoms with Gasteiger partial charge in [-0.1, -0.05) is 55.5 Å². The molecule has 0 heterocycles. The van der Waals surface area contributed by atoms with Gasteiger partial charge >= 0.3 is 0 Å². The summed E-state index contributed by atoms with van der Waals surface area (Å²) < 4.78 is 42.2. The quantitative estimate of drug-likeness (QED) is 0.408. The van der Waals surface area contributed by atoms with Gasteiger partial charge in [-0.05, 0) is 61.7 Å². The fourth-order valence-electron chi connectivity index (χ4n) is 3.98. The van der Waals surface area contributed by atoms with E-state index in [2.05, 4.69) is 5.32 Å². The van der Waals surface area contributed by atoms with E-state index in [1.807, 2.05) is 19.1 Å². The fraction of sp³-hybridized carbons (Fsp3) is 0.286. The van der Waals surface area contributed by atoms with Gasteiger partial charge in [-0.15, -0.1) is 0 Å². The van der Waals surface area contributed by atoms with Crippen LogP contribution in [0.25, 0.3) is 0 Å². The van der Waals surface area contributed by atoms with E-state index in [4.69, 9.17) is 0 Å².